The fourth-order valence-corrected chi connectivity index (χ4v) is 4.50. The number of nitrogens with zero attached hydrogens (tertiary/aromatic N) is 1. The number of aromatic nitrogens is 1. The van der Waals surface area contributed by atoms with E-state index in [2.05, 4.69) is 9.71 Å². The summed E-state index contributed by atoms with van der Waals surface area (Å²) in [4.78, 5) is 16.4. The first-order chi connectivity index (χ1) is 12.4. The van der Waals surface area contributed by atoms with Gasteiger partial charge in [-0.25, -0.2) is 18.2 Å². The third kappa shape index (κ3) is 3.94. The molecule has 0 amide bonds. The highest BCUT2D eigenvalue weighted by molar-refractivity contribution is 7.94. The van der Waals surface area contributed by atoms with E-state index < -0.39 is 16.0 Å². The highest BCUT2D eigenvalue weighted by atomic mass is 32.2. The second-order valence-corrected chi connectivity index (χ2v) is 8.26. The van der Waals surface area contributed by atoms with Gasteiger partial charge in [0.05, 0.1) is 23.2 Å². The van der Waals surface area contributed by atoms with Crippen LogP contribution in [-0.4, -0.2) is 26.0 Å². The number of anilines is 1. The summed E-state index contributed by atoms with van der Waals surface area (Å²) in [6, 6.07) is 9.30. The maximum atomic E-state index is 12.6. The van der Waals surface area contributed by atoms with Crippen molar-refractivity contribution in [3.63, 3.8) is 0 Å². The van der Waals surface area contributed by atoms with E-state index in [0.29, 0.717) is 16.5 Å². The predicted octanol–water partition coefficient (Wildman–Crippen LogP) is 3.69. The highest BCUT2D eigenvalue weighted by Crippen LogP contribution is 2.32. The Morgan fingerprint density at radius 2 is 2.12 bits per heavy atom. The number of thiophene rings is 1. The van der Waals surface area contributed by atoms with E-state index in [1.807, 2.05) is 0 Å². The molecule has 0 atom stereocenters. The average molecular weight is 392 g/mol. The molecule has 26 heavy (non-hydrogen) atoms. The number of hydrogen-bond donors (Lipinski definition) is 1. The van der Waals surface area contributed by atoms with Crippen LogP contribution in [0.4, 0.5) is 5.69 Å². The third-order valence-electron chi connectivity index (χ3n) is 3.34. The lowest BCUT2D eigenvalue weighted by molar-refractivity contribution is 0.0526. The molecule has 0 unspecified atom stereocenters. The molecule has 0 aliphatic heterocycles. The molecule has 0 aliphatic rings. The van der Waals surface area contributed by atoms with Crippen LogP contribution in [0.2, 0.25) is 0 Å². The Balaban J connectivity index is 1.82. The van der Waals surface area contributed by atoms with Crippen LogP contribution < -0.4 is 4.72 Å². The molecule has 9 heteroatoms. The van der Waals surface area contributed by atoms with Crippen LogP contribution in [0, 0.1) is 6.92 Å². The van der Waals surface area contributed by atoms with Crippen LogP contribution in [-0.2, 0) is 14.8 Å². The number of ether oxygens (including phenoxy) is 1. The second-order valence-electron chi connectivity index (χ2n) is 5.27. The molecule has 0 fully saturated rings. The lowest BCUT2D eigenvalue weighted by atomic mass is 10.2. The molecule has 136 valence electrons. The van der Waals surface area contributed by atoms with Crippen LogP contribution in [0.3, 0.4) is 0 Å². The molecule has 0 radical (unpaired) electrons. The van der Waals surface area contributed by atoms with Crippen LogP contribution in [0.15, 0.2) is 51.2 Å². The van der Waals surface area contributed by atoms with Crippen molar-refractivity contribution in [2.45, 2.75) is 18.1 Å². The standard InChI is InChI=1S/C17H16N2O5S2/c1-3-23-17(20)12-5-4-6-13(9-12)19-26(21,22)16-8-7-15(25-16)14-10-18-11(2)24-14/h4-10,19H,3H2,1-2H3. The number of benzene rings is 1. The molecule has 3 aromatic rings. The van der Waals surface area contributed by atoms with Crippen LogP contribution in [0.1, 0.15) is 23.2 Å². The van der Waals surface area contributed by atoms with Crippen molar-refractivity contribution < 1.29 is 22.4 Å². The lowest BCUT2D eigenvalue weighted by Gasteiger charge is -2.08. The zero-order valence-electron chi connectivity index (χ0n) is 14.1. The zero-order chi connectivity index (χ0) is 18.7. The largest absolute Gasteiger partial charge is 0.462 e. The van der Waals surface area contributed by atoms with E-state index in [9.17, 15) is 13.2 Å². The Morgan fingerprint density at radius 3 is 2.81 bits per heavy atom. The summed E-state index contributed by atoms with van der Waals surface area (Å²) in [6.45, 7) is 3.66. The van der Waals surface area contributed by atoms with E-state index in [4.69, 9.17) is 9.15 Å². The van der Waals surface area contributed by atoms with Crippen molar-refractivity contribution in [2.24, 2.45) is 0 Å². The molecule has 2 aromatic heterocycles. The van der Waals surface area contributed by atoms with Gasteiger partial charge in [0, 0.05) is 12.6 Å². The molecule has 0 saturated heterocycles. The monoisotopic (exact) mass is 392 g/mol. The van der Waals surface area contributed by atoms with Crippen molar-refractivity contribution in [1.29, 1.82) is 0 Å². The maximum absolute atomic E-state index is 12.6. The number of aryl methyl sites for hydroxylation is 1. The lowest BCUT2D eigenvalue weighted by Crippen LogP contribution is -2.12. The number of hydrogen-bond acceptors (Lipinski definition) is 7. The summed E-state index contributed by atoms with van der Waals surface area (Å²) in [5.74, 6) is 0.512. The van der Waals surface area contributed by atoms with E-state index in [1.165, 1.54) is 12.1 Å². The number of carbonyl (C=O) groups excluding carboxylic acids is 1. The molecule has 0 bridgehead atoms. The van der Waals surface area contributed by atoms with Gasteiger partial charge in [-0.3, -0.25) is 4.72 Å². The Morgan fingerprint density at radius 1 is 1.31 bits per heavy atom. The number of esters is 1. The van der Waals surface area contributed by atoms with Crippen molar-refractivity contribution in [2.75, 3.05) is 11.3 Å². The Kier molecular flexibility index (Phi) is 5.10. The average Bonchev–Trinajstić information content (AvgIpc) is 3.24. The van der Waals surface area contributed by atoms with Gasteiger partial charge in [-0.05, 0) is 37.3 Å². The summed E-state index contributed by atoms with van der Waals surface area (Å²) in [5.41, 5.74) is 0.553. The molecular weight excluding hydrogens is 376 g/mol. The summed E-state index contributed by atoms with van der Waals surface area (Å²) in [6.07, 6.45) is 1.55. The van der Waals surface area contributed by atoms with Crippen molar-refractivity contribution in [3.8, 4) is 10.6 Å². The van der Waals surface area contributed by atoms with Crippen LogP contribution >= 0.6 is 11.3 Å². The predicted molar refractivity (Wildman–Crippen MR) is 97.8 cm³/mol. The summed E-state index contributed by atoms with van der Waals surface area (Å²) >= 11 is 1.07. The Labute approximate surface area is 154 Å². The highest BCUT2D eigenvalue weighted by Gasteiger charge is 2.19. The summed E-state index contributed by atoms with van der Waals surface area (Å²) < 4.78 is 38.1. The zero-order valence-corrected chi connectivity index (χ0v) is 15.7. The number of rotatable bonds is 6. The fraction of sp³-hybridized carbons (Fsp3) is 0.176. The number of oxazole rings is 1. The number of sulfonamides is 1. The van der Waals surface area contributed by atoms with Gasteiger partial charge < -0.3 is 9.15 Å². The molecule has 0 saturated carbocycles. The molecule has 2 heterocycles. The van der Waals surface area contributed by atoms with Gasteiger partial charge in [-0.1, -0.05) is 6.07 Å². The molecule has 7 nitrogen and oxygen atoms in total. The maximum Gasteiger partial charge on any atom is 0.338 e. The quantitative estimate of drug-likeness (QED) is 0.643. The number of carbonyl (C=O) groups is 1. The van der Waals surface area contributed by atoms with Gasteiger partial charge >= 0.3 is 5.97 Å². The van der Waals surface area contributed by atoms with E-state index in [1.54, 1.807) is 44.3 Å². The molecule has 1 N–H and O–H groups in total. The minimum Gasteiger partial charge on any atom is -0.462 e. The Hall–Kier alpha value is -2.65. The smallest absolute Gasteiger partial charge is 0.338 e. The van der Waals surface area contributed by atoms with Crippen molar-refractivity contribution in [3.05, 3.63) is 54.0 Å². The first-order valence-electron chi connectivity index (χ1n) is 7.71. The van der Waals surface area contributed by atoms with Gasteiger partial charge in [0.1, 0.15) is 4.21 Å². The van der Waals surface area contributed by atoms with E-state index in [-0.39, 0.29) is 22.1 Å². The van der Waals surface area contributed by atoms with Crippen molar-refractivity contribution in [1.82, 2.24) is 4.98 Å². The molecule has 3 rings (SSSR count). The first kappa shape index (κ1) is 18.2. The Bertz CT molecular complexity index is 1040. The van der Waals surface area contributed by atoms with Gasteiger partial charge in [0.15, 0.2) is 11.7 Å². The molecule has 1 aromatic carbocycles. The number of nitrogens with one attached hydrogen (secondary N) is 1. The van der Waals surface area contributed by atoms with Crippen LogP contribution in [0.5, 0.6) is 0 Å². The second kappa shape index (κ2) is 7.30. The van der Waals surface area contributed by atoms with Gasteiger partial charge in [-0.15, -0.1) is 11.3 Å². The molecule has 0 spiro atoms. The SMILES string of the molecule is CCOC(=O)c1cccc(NS(=O)(=O)c2ccc(-c3cnc(C)o3)s2)c1. The van der Waals surface area contributed by atoms with Crippen molar-refractivity contribution >= 4 is 33.0 Å². The summed E-state index contributed by atoms with van der Waals surface area (Å²) in [5, 5.41) is 0. The fourth-order valence-electron chi connectivity index (χ4n) is 2.20. The third-order valence-corrected chi connectivity index (χ3v) is 6.31. The first-order valence-corrected chi connectivity index (χ1v) is 10.0. The normalized spacial score (nSPS) is 11.3. The summed E-state index contributed by atoms with van der Waals surface area (Å²) in [7, 11) is -3.79. The minimum absolute atomic E-state index is 0.128. The molecule has 0 aliphatic carbocycles. The van der Waals surface area contributed by atoms with Gasteiger partial charge in [0.25, 0.3) is 10.0 Å². The minimum atomic E-state index is -3.79. The van der Waals surface area contributed by atoms with Gasteiger partial charge in [-0.2, -0.15) is 0 Å². The van der Waals surface area contributed by atoms with Gasteiger partial charge in [0.2, 0.25) is 0 Å². The van der Waals surface area contributed by atoms with Crippen LogP contribution in [0.25, 0.3) is 10.6 Å². The molecular formula is C17H16N2O5S2. The topological polar surface area (TPSA) is 98.5 Å². The van der Waals surface area contributed by atoms with E-state index >= 15 is 0 Å². The van der Waals surface area contributed by atoms with E-state index in [0.717, 1.165) is 11.3 Å².